The van der Waals surface area contributed by atoms with Gasteiger partial charge in [0.25, 0.3) is 0 Å². The lowest BCUT2D eigenvalue weighted by Gasteiger charge is -1.96. The standard InChI is InChI=1S/C14H24/c1-5-10-14(6-2)12-9-7-8-11-13(3)4/h6-9,12-13H,5,10-11H2,1-4H3/b8-7-,12-9+,14-6-. The van der Waals surface area contributed by atoms with Gasteiger partial charge in [0.05, 0.1) is 0 Å². The van der Waals surface area contributed by atoms with Crippen molar-refractivity contribution in [2.75, 3.05) is 0 Å². The van der Waals surface area contributed by atoms with Crippen molar-refractivity contribution < 1.29 is 0 Å². The van der Waals surface area contributed by atoms with Crippen LogP contribution >= 0.6 is 0 Å². The molecule has 14 heavy (non-hydrogen) atoms. The number of allylic oxidation sites excluding steroid dienone is 6. The minimum Gasteiger partial charge on any atom is -0.0844 e. The van der Waals surface area contributed by atoms with Crippen LogP contribution in [0.5, 0.6) is 0 Å². The van der Waals surface area contributed by atoms with Gasteiger partial charge in [0, 0.05) is 0 Å². The van der Waals surface area contributed by atoms with Crippen LogP contribution in [0.25, 0.3) is 0 Å². The van der Waals surface area contributed by atoms with E-state index in [1.807, 2.05) is 0 Å². The van der Waals surface area contributed by atoms with Crippen LogP contribution in [0, 0.1) is 5.92 Å². The van der Waals surface area contributed by atoms with Crippen molar-refractivity contribution in [1.29, 1.82) is 0 Å². The van der Waals surface area contributed by atoms with Crippen LogP contribution in [-0.4, -0.2) is 0 Å². The Morgan fingerprint density at radius 3 is 2.43 bits per heavy atom. The van der Waals surface area contributed by atoms with Gasteiger partial charge in [-0.3, -0.25) is 0 Å². The van der Waals surface area contributed by atoms with E-state index in [9.17, 15) is 0 Å². The molecule has 0 atom stereocenters. The Morgan fingerprint density at radius 2 is 1.93 bits per heavy atom. The monoisotopic (exact) mass is 192 g/mol. The van der Waals surface area contributed by atoms with E-state index in [1.54, 1.807) is 0 Å². The van der Waals surface area contributed by atoms with E-state index in [0.29, 0.717) is 0 Å². The molecule has 0 heterocycles. The quantitative estimate of drug-likeness (QED) is 0.525. The van der Waals surface area contributed by atoms with Gasteiger partial charge >= 0.3 is 0 Å². The van der Waals surface area contributed by atoms with Gasteiger partial charge in [-0.05, 0) is 25.7 Å². The van der Waals surface area contributed by atoms with Crippen LogP contribution < -0.4 is 0 Å². The summed E-state index contributed by atoms with van der Waals surface area (Å²) in [5.41, 5.74) is 1.43. The van der Waals surface area contributed by atoms with E-state index in [4.69, 9.17) is 0 Å². The highest BCUT2D eigenvalue weighted by atomic mass is 13.9. The maximum atomic E-state index is 2.24. The van der Waals surface area contributed by atoms with Gasteiger partial charge in [-0.2, -0.15) is 0 Å². The number of hydrogen-bond acceptors (Lipinski definition) is 0. The summed E-state index contributed by atoms with van der Waals surface area (Å²) < 4.78 is 0. The van der Waals surface area contributed by atoms with Crippen LogP contribution in [-0.2, 0) is 0 Å². The van der Waals surface area contributed by atoms with Crippen molar-refractivity contribution in [1.82, 2.24) is 0 Å². The molecule has 0 amide bonds. The Balaban J connectivity index is 3.85. The van der Waals surface area contributed by atoms with E-state index >= 15 is 0 Å². The largest absolute Gasteiger partial charge is 0.0844 e. The first-order valence-electron chi connectivity index (χ1n) is 5.69. The molecule has 0 radical (unpaired) electrons. The Bertz CT molecular complexity index is 204. The van der Waals surface area contributed by atoms with E-state index < -0.39 is 0 Å². The van der Waals surface area contributed by atoms with Gasteiger partial charge in [0.1, 0.15) is 0 Å². The highest BCUT2D eigenvalue weighted by molar-refractivity contribution is 5.21. The molecule has 0 aromatic heterocycles. The Morgan fingerprint density at radius 1 is 1.21 bits per heavy atom. The average molecular weight is 192 g/mol. The Labute approximate surface area is 89.4 Å². The minimum atomic E-state index is 0.761. The second-order valence-electron chi connectivity index (χ2n) is 4.03. The summed E-state index contributed by atoms with van der Waals surface area (Å²) in [6.45, 7) is 8.80. The molecule has 0 heteroatoms. The molecule has 0 N–H and O–H groups in total. The predicted octanol–water partition coefficient (Wildman–Crippen LogP) is 4.89. The van der Waals surface area contributed by atoms with Crippen LogP contribution in [0.1, 0.15) is 47.0 Å². The summed E-state index contributed by atoms with van der Waals surface area (Å²) in [4.78, 5) is 0. The first-order chi connectivity index (χ1) is 6.70. The van der Waals surface area contributed by atoms with E-state index in [0.717, 1.165) is 5.92 Å². The first-order valence-corrected chi connectivity index (χ1v) is 5.69. The van der Waals surface area contributed by atoms with Crippen molar-refractivity contribution in [3.05, 3.63) is 36.0 Å². The highest BCUT2D eigenvalue weighted by Crippen LogP contribution is 2.06. The molecular weight excluding hydrogens is 168 g/mol. The van der Waals surface area contributed by atoms with Crippen LogP contribution in [0.2, 0.25) is 0 Å². The first kappa shape index (κ1) is 13.2. The predicted molar refractivity (Wildman–Crippen MR) is 66.4 cm³/mol. The molecule has 0 fully saturated rings. The maximum Gasteiger partial charge on any atom is -0.0285 e. The Hall–Kier alpha value is -0.780. The van der Waals surface area contributed by atoms with E-state index in [-0.39, 0.29) is 0 Å². The molecule has 0 rings (SSSR count). The van der Waals surface area contributed by atoms with Gasteiger partial charge in [0.15, 0.2) is 0 Å². The zero-order valence-corrected chi connectivity index (χ0v) is 10.1. The highest BCUT2D eigenvalue weighted by Gasteiger charge is 1.87. The summed E-state index contributed by atoms with van der Waals surface area (Å²) in [5.74, 6) is 0.761. The van der Waals surface area contributed by atoms with E-state index in [2.05, 4.69) is 58.1 Å². The van der Waals surface area contributed by atoms with Gasteiger partial charge < -0.3 is 0 Å². The smallest absolute Gasteiger partial charge is 0.0285 e. The zero-order valence-electron chi connectivity index (χ0n) is 10.1. The number of rotatable bonds is 6. The molecule has 0 aromatic carbocycles. The molecular formula is C14H24. The molecule has 0 aromatic rings. The van der Waals surface area contributed by atoms with Gasteiger partial charge in [-0.15, -0.1) is 0 Å². The number of hydrogen-bond donors (Lipinski definition) is 0. The van der Waals surface area contributed by atoms with Crippen molar-refractivity contribution in [3.8, 4) is 0 Å². The molecule has 0 saturated carbocycles. The lowest BCUT2D eigenvalue weighted by Crippen LogP contribution is -1.80. The minimum absolute atomic E-state index is 0.761. The zero-order chi connectivity index (χ0) is 10.8. The van der Waals surface area contributed by atoms with Crippen molar-refractivity contribution in [2.45, 2.75) is 47.0 Å². The van der Waals surface area contributed by atoms with E-state index in [1.165, 1.54) is 24.8 Å². The fourth-order valence-electron chi connectivity index (χ4n) is 1.22. The molecule has 0 unspecified atom stereocenters. The lowest BCUT2D eigenvalue weighted by atomic mass is 10.1. The third-order valence-corrected chi connectivity index (χ3v) is 2.07. The molecule has 0 aliphatic heterocycles. The van der Waals surface area contributed by atoms with Crippen molar-refractivity contribution in [2.24, 2.45) is 5.92 Å². The second-order valence-corrected chi connectivity index (χ2v) is 4.03. The van der Waals surface area contributed by atoms with Crippen LogP contribution in [0.3, 0.4) is 0 Å². The molecule has 0 nitrogen and oxygen atoms in total. The van der Waals surface area contributed by atoms with Crippen LogP contribution in [0.15, 0.2) is 36.0 Å². The molecule has 0 spiro atoms. The molecule has 0 saturated heterocycles. The summed E-state index contributed by atoms with van der Waals surface area (Å²) in [7, 11) is 0. The maximum absolute atomic E-state index is 2.24. The second kappa shape index (κ2) is 8.80. The van der Waals surface area contributed by atoms with Gasteiger partial charge in [-0.25, -0.2) is 0 Å². The fourth-order valence-corrected chi connectivity index (χ4v) is 1.22. The third kappa shape index (κ3) is 7.85. The molecule has 80 valence electrons. The molecule has 0 aliphatic rings. The van der Waals surface area contributed by atoms with Crippen LogP contribution in [0.4, 0.5) is 0 Å². The average Bonchev–Trinajstić information content (AvgIpc) is 2.15. The van der Waals surface area contributed by atoms with Crippen molar-refractivity contribution in [3.63, 3.8) is 0 Å². The van der Waals surface area contributed by atoms with Gasteiger partial charge in [0.2, 0.25) is 0 Å². The Kier molecular flexibility index (Phi) is 8.31. The topological polar surface area (TPSA) is 0 Å². The normalized spacial score (nSPS) is 13.6. The fraction of sp³-hybridized carbons (Fsp3) is 0.571. The summed E-state index contributed by atoms with van der Waals surface area (Å²) in [6, 6.07) is 0. The molecule has 0 aliphatic carbocycles. The van der Waals surface area contributed by atoms with Gasteiger partial charge in [-0.1, -0.05) is 63.1 Å². The van der Waals surface area contributed by atoms with Crippen molar-refractivity contribution >= 4 is 0 Å². The lowest BCUT2D eigenvalue weighted by molar-refractivity contribution is 0.664. The SMILES string of the molecule is C\C=C(/C=C/C=C\CC(C)C)CCC. The third-order valence-electron chi connectivity index (χ3n) is 2.07. The summed E-state index contributed by atoms with van der Waals surface area (Å²) >= 11 is 0. The summed E-state index contributed by atoms with van der Waals surface area (Å²) in [6.07, 6.45) is 14.5. The molecule has 0 bridgehead atoms. The summed E-state index contributed by atoms with van der Waals surface area (Å²) in [5, 5.41) is 0.